The summed E-state index contributed by atoms with van der Waals surface area (Å²) in [5.74, 6) is -0.224. The number of anilines is 1. The van der Waals surface area contributed by atoms with Gasteiger partial charge >= 0.3 is 5.69 Å². The number of ether oxygens (including phenoxy) is 1. The van der Waals surface area contributed by atoms with E-state index in [-0.39, 0.29) is 29.7 Å². The maximum atomic E-state index is 14.0. The summed E-state index contributed by atoms with van der Waals surface area (Å²) in [5, 5.41) is 3.05. The van der Waals surface area contributed by atoms with Gasteiger partial charge in [0.1, 0.15) is 0 Å². The fourth-order valence-electron chi connectivity index (χ4n) is 7.78. The van der Waals surface area contributed by atoms with Crippen molar-refractivity contribution in [2.45, 2.75) is 78.9 Å². The number of aryl methyl sites for hydroxylation is 3. The Morgan fingerprint density at radius 2 is 1.69 bits per heavy atom. The van der Waals surface area contributed by atoms with Gasteiger partial charge in [-0.15, -0.1) is 0 Å². The summed E-state index contributed by atoms with van der Waals surface area (Å²) in [6.07, 6.45) is 3.73. The molecule has 2 saturated heterocycles. The fourth-order valence-corrected chi connectivity index (χ4v) is 7.78. The topological polar surface area (TPSA) is 105 Å². The average Bonchev–Trinajstić information content (AvgIpc) is 3.34. The number of rotatable bonds is 9. The lowest BCUT2D eigenvalue weighted by Gasteiger charge is -2.37. The lowest BCUT2D eigenvalue weighted by atomic mass is 9.94. The molecule has 2 aromatic heterocycles. The number of piperidine rings is 1. The molecule has 2 aliphatic rings. The molecule has 2 N–H and O–H groups in total. The Balaban J connectivity index is 1.43. The van der Waals surface area contributed by atoms with Gasteiger partial charge in [0.2, 0.25) is 0 Å². The van der Waals surface area contributed by atoms with Gasteiger partial charge in [-0.2, -0.15) is 0 Å². The zero-order chi connectivity index (χ0) is 34.1. The standard InChI is InChI=1S/C38H50N6O4/c1-7-42-15-11-30(12-16-42)44-35-21-27(9-10-33(35)41(6)38(44)47)28-20-31(36(45)39-23-32-24(3)19-25(4)40-37(32)46)26(5)34(22-28)43(8-2)29-13-17-48-18-14-29/h9-10,19-22,29-30H,7-8,11-18,23H2,1-6H3,(H,39,45)(H,40,46). The van der Waals surface area contributed by atoms with E-state index in [4.69, 9.17) is 4.74 Å². The summed E-state index contributed by atoms with van der Waals surface area (Å²) < 4.78 is 9.44. The molecule has 0 bridgehead atoms. The molecule has 0 atom stereocenters. The number of hydrogen-bond donors (Lipinski definition) is 2. The third-order valence-corrected chi connectivity index (χ3v) is 10.6. The highest BCUT2D eigenvalue weighted by atomic mass is 16.5. The van der Waals surface area contributed by atoms with E-state index < -0.39 is 0 Å². The Labute approximate surface area is 282 Å². The van der Waals surface area contributed by atoms with Gasteiger partial charge in [-0.3, -0.25) is 18.7 Å². The van der Waals surface area contributed by atoms with E-state index in [1.54, 1.807) is 4.57 Å². The van der Waals surface area contributed by atoms with Crippen LogP contribution in [-0.4, -0.2) is 70.4 Å². The van der Waals surface area contributed by atoms with Gasteiger partial charge in [0.25, 0.3) is 11.5 Å². The second-order valence-electron chi connectivity index (χ2n) is 13.5. The highest BCUT2D eigenvalue weighted by Gasteiger charge is 2.27. The number of carbonyl (C=O) groups is 1. The van der Waals surface area contributed by atoms with Gasteiger partial charge in [-0.25, -0.2) is 4.79 Å². The van der Waals surface area contributed by atoms with E-state index in [2.05, 4.69) is 52.1 Å². The van der Waals surface area contributed by atoms with Crippen molar-refractivity contribution in [3.63, 3.8) is 0 Å². The Hall–Kier alpha value is -4.15. The molecule has 4 heterocycles. The molecule has 10 nitrogen and oxygen atoms in total. The molecule has 10 heteroatoms. The molecule has 2 fully saturated rings. The Bertz CT molecular complexity index is 1920. The van der Waals surface area contributed by atoms with Crippen molar-refractivity contribution in [3.8, 4) is 11.1 Å². The number of fused-ring (bicyclic) bond motifs is 1. The smallest absolute Gasteiger partial charge is 0.329 e. The van der Waals surface area contributed by atoms with Crippen LogP contribution in [0.1, 0.15) is 78.3 Å². The molecule has 0 unspecified atom stereocenters. The van der Waals surface area contributed by atoms with E-state index >= 15 is 0 Å². The van der Waals surface area contributed by atoms with Crippen LogP contribution in [0.2, 0.25) is 0 Å². The summed E-state index contributed by atoms with van der Waals surface area (Å²) in [6, 6.07) is 12.7. The van der Waals surface area contributed by atoms with E-state index in [1.807, 2.05) is 50.6 Å². The molecule has 2 aliphatic heterocycles. The third-order valence-electron chi connectivity index (χ3n) is 10.6. The van der Waals surface area contributed by atoms with Crippen molar-refractivity contribution in [2.75, 3.05) is 44.3 Å². The van der Waals surface area contributed by atoms with Crippen LogP contribution in [0.25, 0.3) is 22.2 Å². The second-order valence-corrected chi connectivity index (χ2v) is 13.5. The number of nitrogens with zero attached hydrogens (tertiary/aromatic N) is 4. The number of H-pyrrole nitrogens is 1. The molecule has 0 spiro atoms. The molecule has 48 heavy (non-hydrogen) atoms. The Kier molecular flexibility index (Phi) is 9.94. The number of benzene rings is 2. The SMILES string of the molecule is CCN1CCC(n2c(=O)n(C)c3ccc(-c4cc(C(=O)NCc5c(C)cc(C)[nH]c5=O)c(C)c(N(CC)C5CCOCC5)c4)cc32)CC1. The van der Waals surface area contributed by atoms with E-state index in [9.17, 15) is 14.4 Å². The zero-order valence-electron chi connectivity index (χ0n) is 29.3. The molecular formula is C38H50N6O4. The summed E-state index contributed by atoms with van der Waals surface area (Å²) >= 11 is 0. The number of aromatic nitrogens is 3. The second kappa shape index (κ2) is 14.1. The van der Waals surface area contributed by atoms with Crippen molar-refractivity contribution in [1.82, 2.24) is 24.3 Å². The minimum Gasteiger partial charge on any atom is -0.381 e. The number of hydrogen-bond acceptors (Lipinski definition) is 6. The number of carbonyl (C=O) groups excluding carboxylic acids is 1. The van der Waals surface area contributed by atoms with Gasteiger partial charge in [0.05, 0.1) is 11.0 Å². The molecule has 256 valence electrons. The maximum Gasteiger partial charge on any atom is 0.329 e. The van der Waals surface area contributed by atoms with Crippen molar-refractivity contribution in [3.05, 3.63) is 85.2 Å². The molecule has 0 aliphatic carbocycles. The van der Waals surface area contributed by atoms with Crippen LogP contribution >= 0.6 is 0 Å². The first-order chi connectivity index (χ1) is 23.1. The van der Waals surface area contributed by atoms with E-state index in [0.717, 1.165) is 110 Å². The quantitative estimate of drug-likeness (QED) is 0.257. The zero-order valence-corrected chi connectivity index (χ0v) is 29.3. The highest BCUT2D eigenvalue weighted by molar-refractivity contribution is 5.99. The summed E-state index contributed by atoms with van der Waals surface area (Å²) in [5.41, 5.74) is 8.23. The summed E-state index contributed by atoms with van der Waals surface area (Å²) in [6.45, 7) is 15.5. The fraction of sp³-hybridized carbons (Fsp3) is 0.500. The molecule has 1 amide bonds. The number of likely N-dealkylation sites (tertiary alicyclic amines) is 1. The first-order valence-electron chi connectivity index (χ1n) is 17.5. The van der Waals surface area contributed by atoms with Crippen molar-refractivity contribution >= 4 is 22.6 Å². The van der Waals surface area contributed by atoms with Gasteiger partial charge in [0, 0.05) is 81.0 Å². The van der Waals surface area contributed by atoms with Crippen LogP contribution in [0.3, 0.4) is 0 Å². The van der Waals surface area contributed by atoms with Crippen LogP contribution in [0.15, 0.2) is 46.0 Å². The Morgan fingerprint density at radius 3 is 2.35 bits per heavy atom. The van der Waals surface area contributed by atoms with Crippen molar-refractivity contribution in [2.24, 2.45) is 7.05 Å². The van der Waals surface area contributed by atoms with Crippen LogP contribution in [0.5, 0.6) is 0 Å². The minimum atomic E-state index is -0.224. The third kappa shape index (κ3) is 6.48. The lowest BCUT2D eigenvalue weighted by molar-refractivity contribution is 0.0846. The Morgan fingerprint density at radius 1 is 0.958 bits per heavy atom. The van der Waals surface area contributed by atoms with Crippen LogP contribution in [0.4, 0.5) is 5.69 Å². The van der Waals surface area contributed by atoms with Gasteiger partial charge in [-0.05, 0) is 113 Å². The number of amides is 1. The van der Waals surface area contributed by atoms with Crippen LogP contribution in [0, 0.1) is 20.8 Å². The van der Waals surface area contributed by atoms with Gasteiger partial charge in [0.15, 0.2) is 0 Å². The number of aromatic amines is 1. The molecular weight excluding hydrogens is 604 g/mol. The van der Waals surface area contributed by atoms with Crippen molar-refractivity contribution in [1.29, 1.82) is 0 Å². The monoisotopic (exact) mass is 654 g/mol. The lowest BCUT2D eigenvalue weighted by Crippen LogP contribution is -2.40. The molecule has 0 radical (unpaired) electrons. The summed E-state index contributed by atoms with van der Waals surface area (Å²) in [7, 11) is 1.85. The molecule has 0 saturated carbocycles. The predicted octanol–water partition coefficient (Wildman–Crippen LogP) is 5.21. The average molecular weight is 655 g/mol. The number of nitrogens with one attached hydrogen (secondary N) is 2. The largest absolute Gasteiger partial charge is 0.381 e. The minimum absolute atomic E-state index is 0.0137. The molecule has 6 rings (SSSR count). The molecule has 4 aromatic rings. The van der Waals surface area contributed by atoms with Crippen molar-refractivity contribution < 1.29 is 9.53 Å². The van der Waals surface area contributed by atoms with E-state index in [1.165, 1.54) is 0 Å². The van der Waals surface area contributed by atoms with Gasteiger partial charge in [-0.1, -0.05) is 13.0 Å². The van der Waals surface area contributed by atoms with Crippen LogP contribution < -0.4 is 21.5 Å². The van der Waals surface area contributed by atoms with Crippen LogP contribution in [-0.2, 0) is 18.3 Å². The van der Waals surface area contributed by atoms with E-state index in [0.29, 0.717) is 17.2 Å². The highest BCUT2D eigenvalue weighted by Crippen LogP contribution is 2.35. The number of imidazole rings is 1. The number of pyridine rings is 1. The van der Waals surface area contributed by atoms with Gasteiger partial charge < -0.3 is 24.8 Å². The molecule has 2 aromatic carbocycles. The maximum absolute atomic E-state index is 14.0. The first-order valence-corrected chi connectivity index (χ1v) is 17.5. The summed E-state index contributed by atoms with van der Waals surface area (Å²) in [4.78, 5) is 48.0. The normalized spacial score (nSPS) is 16.5. The predicted molar refractivity (Wildman–Crippen MR) is 192 cm³/mol. The first kappa shape index (κ1) is 33.7.